The van der Waals surface area contributed by atoms with Crippen molar-refractivity contribution in [2.45, 2.75) is 19.9 Å². The van der Waals surface area contributed by atoms with Gasteiger partial charge in [-0.05, 0) is 38.1 Å². The molecule has 0 aliphatic rings. The van der Waals surface area contributed by atoms with E-state index in [-0.39, 0.29) is 12.6 Å². The summed E-state index contributed by atoms with van der Waals surface area (Å²) in [6, 6.07) is 7.95. The van der Waals surface area contributed by atoms with Gasteiger partial charge in [0, 0.05) is 16.8 Å². The summed E-state index contributed by atoms with van der Waals surface area (Å²) < 4.78 is 5.32. The van der Waals surface area contributed by atoms with E-state index in [4.69, 9.17) is 9.84 Å². The summed E-state index contributed by atoms with van der Waals surface area (Å²) in [6.45, 7) is 4.47. The first kappa shape index (κ1) is 13.8. The second-order valence-corrected chi connectivity index (χ2v) is 5.51. The van der Waals surface area contributed by atoms with Gasteiger partial charge in [-0.3, -0.25) is 0 Å². The Morgan fingerprint density at radius 3 is 2.68 bits per heavy atom. The van der Waals surface area contributed by atoms with Crippen LogP contribution in [-0.4, -0.2) is 23.3 Å². The summed E-state index contributed by atoms with van der Waals surface area (Å²) in [5, 5.41) is 13.2. The number of thiazole rings is 1. The number of aromatic nitrogens is 1. The SMILES string of the molecule is Cc1ncc(C(C)Nc2ccc(OCCO)cc2)s1. The molecule has 0 amide bonds. The molecule has 1 aromatic carbocycles. The Kier molecular flexibility index (Phi) is 4.76. The van der Waals surface area contributed by atoms with Gasteiger partial charge >= 0.3 is 0 Å². The Morgan fingerprint density at radius 1 is 1.37 bits per heavy atom. The highest BCUT2D eigenvalue weighted by Gasteiger charge is 2.08. The van der Waals surface area contributed by atoms with Gasteiger partial charge in [-0.2, -0.15) is 0 Å². The Balaban J connectivity index is 1.95. The Bertz CT molecular complexity index is 510. The molecule has 5 heteroatoms. The first-order valence-corrected chi connectivity index (χ1v) is 7.03. The molecular weight excluding hydrogens is 260 g/mol. The van der Waals surface area contributed by atoms with E-state index >= 15 is 0 Å². The van der Waals surface area contributed by atoms with Crippen molar-refractivity contribution < 1.29 is 9.84 Å². The number of rotatable bonds is 6. The summed E-state index contributed by atoms with van der Waals surface area (Å²) in [4.78, 5) is 5.48. The minimum atomic E-state index is 0.0295. The lowest BCUT2D eigenvalue weighted by atomic mass is 10.2. The van der Waals surface area contributed by atoms with Crippen molar-refractivity contribution in [3.8, 4) is 5.75 Å². The van der Waals surface area contributed by atoms with Crippen molar-refractivity contribution in [3.05, 3.63) is 40.3 Å². The standard InChI is InChI=1S/C14H18N2O2S/c1-10(14-9-15-11(2)19-14)16-12-3-5-13(6-4-12)18-8-7-17/h3-6,9-10,16-17H,7-8H2,1-2H3. The second kappa shape index (κ2) is 6.54. The lowest BCUT2D eigenvalue weighted by molar-refractivity contribution is 0.201. The van der Waals surface area contributed by atoms with Crippen molar-refractivity contribution in [1.29, 1.82) is 0 Å². The molecule has 1 aromatic heterocycles. The number of hydrogen-bond acceptors (Lipinski definition) is 5. The Morgan fingerprint density at radius 2 is 2.11 bits per heavy atom. The molecule has 0 spiro atoms. The van der Waals surface area contributed by atoms with Gasteiger partial charge in [-0.15, -0.1) is 11.3 Å². The number of nitrogens with one attached hydrogen (secondary N) is 1. The molecule has 19 heavy (non-hydrogen) atoms. The van der Waals surface area contributed by atoms with Gasteiger partial charge in [0.05, 0.1) is 17.7 Å². The summed E-state index contributed by atoms with van der Waals surface area (Å²) in [6.07, 6.45) is 1.91. The van der Waals surface area contributed by atoms with E-state index in [1.807, 2.05) is 37.4 Å². The van der Waals surface area contributed by atoms with E-state index in [1.54, 1.807) is 11.3 Å². The minimum Gasteiger partial charge on any atom is -0.491 e. The highest BCUT2D eigenvalue weighted by molar-refractivity contribution is 7.11. The summed E-state index contributed by atoms with van der Waals surface area (Å²) in [5.74, 6) is 0.765. The van der Waals surface area contributed by atoms with Gasteiger partial charge in [-0.25, -0.2) is 4.98 Å². The van der Waals surface area contributed by atoms with Gasteiger partial charge in [0.25, 0.3) is 0 Å². The fraction of sp³-hybridized carbons (Fsp3) is 0.357. The molecule has 0 fully saturated rings. The highest BCUT2D eigenvalue weighted by Crippen LogP contribution is 2.25. The third-order valence-corrected chi connectivity index (χ3v) is 3.76. The predicted octanol–water partition coefficient (Wildman–Crippen LogP) is 3.00. The highest BCUT2D eigenvalue weighted by atomic mass is 32.1. The van der Waals surface area contributed by atoms with Crippen molar-refractivity contribution in [2.75, 3.05) is 18.5 Å². The number of hydrogen-bond donors (Lipinski definition) is 2. The second-order valence-electron chi connectivity index (χ2n) is 4.24. The number of anilines is 1. The van der Waals surface area contributed by atoms with Crippen LogP contribution < -0.4 is 10.1 Å². The van der Waals surface area contributed by atoms with Crippen molar-refractivity contribution in [2.24, 2.45) is 0 Å². The third kappa shape index (κ3) is 3.94. The molecule has 1 unspecified atom stereocenters. The summed E-state index contributed by atoms with van der Waals surface area (Å²) >= 11 is 1.70. The fourth-order valence-corrected chi connectivity index (χ4v) is 2.50. The fourth-order valence-electron chi connectivity index (χ4n) is 1.71. The van der Waals surface area contributed by atoms with Gasteiger partial charge in [-0.1, -0.05) is 0 Å². The van der Waals surface area contributed by atoms with E-state index in [1.165, 1.54) is 4.88 Å². The quantitative estimate of drug-likeness (QED) is 0.853. The molecule has 0 bridgehead atoms. The Labute approximate surface area is 117 Å². The molecule has 0 saturated heterocycles. The smallest absolute Gasteiger partial charge is 0.119 e. The number of benzene rings is 1. The lowest BCUT2D eigenvalue weighted by Gasteiger charge is -2.13. The van der Waals surface area contributed by atoms with Crippen LogP contribution in [-0.2, 0) is 0 Å². The van der Waals surface area contributed by atoms with Crippen LogP contribution in [0.5, 0.6) is 5.75 Å². The zero-order chi connectivity index (χ0) is 13.7. The van der Waals surface area contributed by atoms with Crippen LogP contribution in [0.15, 0.2) is 30.5 Å². The molecular formula is C14H18N2O2S. The number of aliphatic hydroxyl groups excluding tert-OH is 1. The maximum Gasteiger partial charge on any atom is 0.119 e. The zero-order valence-electron chi connectivity index (χ0n) is 11.1. The van der Waals surface area contributed by atoms with Crippen LogP contribution >= 0.6 is 11.3 Å². The summed E-state index contributed by atoms with van der Waals surface area (Å²) in [5.41, 5.74) is 1.04. The van der Waals surface area contributed by atoms with Crippen LogP contribution in [0.1, 0.15) is 22.9 Å². The molecule has 2 rings (SSSR count). The monoisotopic (exact) mass is 278 g/mol. The number of aryl methyl sites for hydroxylation is 1. The van der Waals surface area contributed by atoms with Crippen LogP contribution in [0.3, 0.4) is 0 Å². The molecule has 0 aliphatic heterocycles. The molecule has 1 heterocycles. The predicted molar refractivity (Wildman–Crippen MR) is 77.9 cm³/mol. The summed E-state index contributed by atoms with van der Waals surface area (Å²) in [7, 11) is 0. The van der Waals surface area contributed by atoms with E-state index in [0.29, 0.717) is 6.61 Å². The topological polar surface area (TPSA) is 54.4 Å². The lowest BCUT2D eigenvalue weighted by Crippen LogP contribution is -2.05. The van der Waals surface area contributed by atoms with E-state index < -0.39 is 0 Å². The molecule has 102 valence electrons. The average Bonchev–Trinajstić information content (AvgIpc) is 2.85. The molecule has 0 radical (unpaired) electrons. The molecule has 2 N–H and O–H groups in total. The van der Waals surface area contributed by atoms with Gasteiger partial charge < -0.3 is 15.2 Å². The average molecular weight is 278 g/mol. The van der Waals surface area contributed by atoms with Crippen LogP contribution in [0.25, 0.3) is 0 Å². The molecule has 0 aliphatic carbocycles. The van der Waals surface area contributed by atoms with Crippen molar-refractivity contribution in [3.63, 3.8) is 0 Å². The molecule has 2 aromatic rings. The van der Waals surface area contributed by atoms with Gasteiger partial charge in [0.1, 0.15) is 12.4 Å². The first-order chi connectivity index (χ1) is 9.19. The largest absolute Gasteiger partial charge is 0.491 e. The number of nitrogens with zero attached hydrogens (tertiary/aromatic N) is 1. The van der Waals surface area contributed by atoms with E-state index in [9.17, 15) is 0 Å². The normalized spacial score (nSPS) is 12.2. The Hall–Kier alpha value is -1.59. The molecule has 1 atom stereocenters. The maximum absolute atomic E-state index is 8.69. The van der Waals surface area contributed by atoms with Crippen LogP contribution in [0.4, 0.5) is 5.69 Å². The van der Waals surface area contributed by atoms with Gasteiger partial charge in [0.15, 0.2) is 0 Å². The number of ether oxygens (including phenoxy) is 1. The molecule has 4 nitrogen and oxygen atoms in total. The van der Waals surface area contributed by atoms with Crippen molar-refractivity contribution in [1.82, 2.24) is 4.98 Å². The maximum atomic E-state index is 8.69. The van der Waals surface area contributed by atoms with Crippen molar-refractivity contribution >= 4 is 17.0 Å². The zero-order valence-corrected chi connectivity index (χ0v) is 11.9. The van der Waals surface area contributed by atoms with Crippen LogP contribution in [0.2, 0.25) is 0 Å². The van der Waals surface area contributed by atoms with E-state index in [0.717, 1.165) is 16.4 Å². The number of aliphatic hydroxyl groups is 1. The minimum absolute atomic E-state index is 0.0295. The first-order valence-electron chi connectivity index (χ1n) is 6.21. The van der Waals surface area contributed by atoms with Crippen LogP contribution in [0, 0.1) is 6.92 Å². The van der Waals surface area contributed by atoms with Gasteiger partial charge in [0.2, 0.25) is 0 Å². The van der Waals surface area contributed by atoms with E-state index in [2.05, 4.69) is 17.2 Å². The molecule has 0 saturated carbocycles. The third-order valence-electron chi connectivity index (χ3n) is 2.66.